The van der Waals surface area contributed by atoms with Crippen LogP contribution in [0.2, 0.25) is 0 Å². The van der Waals surface area contributed by atoms with E-state index in [1.807, 2.05) is 24.3 Å². The van der Waals surface area contributed by atoms with Crippen LogP contribution in [-0.2, 0) is 11.2 Å². The van der Waals surface area contributed by atoms with Crippen molar-refractivity contribution in [2.75, 3.05) is 0 Å². The van der Waals surface area contributed by atoms with Gasteiger partial charge in [0.25, 0.3) is 0 Å². The van der Waals surface area contributed by atoms with Crippen LogP contribution in [0.5, 0.6) is 5.75 Å². The van der Waals surface area contributed by atoms with E-state index < -0.39 is 0 Å². The van der Waals surface area contributed by atoms with Crippen LogP contribution >= 0.6 is 0 Å². The van der Waals surface area contributed by atoms with Crippen molar-refractivity contribution in [3.8, 4) is 5.75 Å². The van der Waals surface area contributed by atoms with Crippen LogP contribution in [-0.4, -0.2) is 11.5 Å². The second kappa shape index (κ2) is 7.90. The minimum Gasteiger partial charge on any atom is -0.487 e. The first-order chi connectivity index (χ1) is 12.5. The molecule has 0 fully saturated rings. The lowest BCUT2D eigenvalue weighted by molar-refractivity contribution is -0.122. The highest BCUT2D eigenvalue weighted by Gasteiger charge is 2.38. The van der Waals surface area contributed by atoms with Crippen molar-refractivity contribution in [1.82, 2.24) is 5.32 Å². The van der Waals surface area contributed by atoms with E-state index in [0.717, 1.165) is 36.1 Å². The number of carbonyl (C=O) groups is 1. The average molecular weight is 355 g/mol. The molecule has 138 valence electrons. The lowest BCUT2D eigenvalue weighted by Crippen LogP contribution is -2.44. The third-order valence-electron chi connectivity index (χ3n) is 5.37. The van der Waals surface area contributed by atoms with Crippen molar-refractivity contribution in [3.05, 3.63) is 65.5 Å². The molecule has 26 heavy (non-hydrogen) atoms. The van der Waals surface area contributed by atoms with E-state index in [4.69, 9.17) is 4.74 Å². The van der Waals surface area contributed by atoms with E-state index in [-0.39, 0.29) is 23.4 Å². The second-order valence-corrected chi connectivity index (χ2v) is 6.98. The summed E-state index contributed by atoms with van der Waals surface area (Å²) in [4.78, 5) is 12.5. The summed E-state index contributed by atoms with van der Waals surface area (Å²) in [6.45, 7) is 4.26. The van der Waals surface area contributed by atoms with E-state index in [0.29, 0.717) is 12.8 Å². The molecule has 0 aromatic heterocycles. The van der Waals surface area contributed by atoms with Gasteiger partial charge in [0, 0.05) is 18.4 Å². The Morgan fingerprint density at radius 2 is 1.85 bits per heavy atom. The van der Waals surface area contributed by atoms with Gasteiger partial charge in [0.2, 0.25) is 5.91 Å². The highest BCUT2D eigenvalue weighted by molar-refractivity contribution is 5.77. The van der Waals surface area contributed by atoms with Crippen molar-refractivity contribution in [2.45, 2.75) is 57.6 Å². The van der Waals surface area contributed by atoms with Gasteiger partial charge in [0.15, 0.2) is 0 Å². The van der Waals surface area contributed by atoms with Gasteiger partial charge >= 0.3 is 0 Å². The number of halogens is 1. The summed E-state index contributed by atoms with van der Waals surface area (Å²) in [5, 5.41) is 3.19. The molecule has 0 saturated carbocycles. The minimum atomic E-state index is -0.257. The Kier molecular flexibility index (Phi) is 5.60. The molecular formula is C22H26FNO2. The van der Waals surface area contributed by atoms with Gasteiger partial charge in [-0.15, -0.1) is 0 Å². The summed E-state index contributed by atoms with van der Waals surface area (Å²) in [5.74, 6) is 0.621. The third kappa shape index (κ3) is 4.06. The molecule has 1 atom stereocenters. The first-order valence-electron chi connectivity index (χ1n) is 9.37. The maximum absolute atomic E-state index is 13.0. The first kappa shape index (κ1) is 18.4. The number of benzene rings is 2. The number of carbonyl (C=O) groups excluding carboxylic acids is 1. The molecule has 0 spiro atoms. The topological polar surface area (TPSA) is 38.3 Å². The highest BCUT2D eigenvalue weighted by atomic mass is 19.1. The standard InChI is InChI=1S/C22H26FNO2/c1-3-22(4-2)15-19(18-7-5-6-8-20(18)26-22)24-21(25)14-11-16-9-12-17(23)13-10-16/h5-10,12-13,19H,3-4,11,14-15H2,1-2H3,(H,24,25)/t19-/m0/s1. The summed E-state index contributed by atoms with van der Waals surface area (Å²) in [7, 11) is 0. The number of ether oxygens (including phenoxy) is 1. The van der Waals surface area contributed by atoms with Crippen molar-refractivity contribution < 1.29 is 13.9 Å². The largest absolute Gasteiger partial charge is 0.487 e. The molecule has 1 aliphatic heterocycles. The van der Waals surface area contributed by atoms with Gasteiger partial charge < -0.3 is 10.1 Å². The Balaban J connectivity index is 1.69. The average Bonchev–Trinajstić information content (AvgIpc) is 2.67. The lowest BCUT2D eigenvalue weighted by atomic mass is 9.83. The zero-order chi connectivity index (χ0) is 18.6. The summed E-state index contributed by atoms with van der Waals surface area (Å²) >= 11 is 0. The quantitative estimate of drug-likeness (QED) is 0.795. The molecule has 0 radical (unpaired) electrons. The normalized spacial score (nSPS) is 17.9. The van der Waals surface area contributed by atoms with Gasteiger partial charge in [-0.3, -0.25) is 4.79 Å². The SMILES string of the molecule is CCC1(CC)C[C@H](NC(=O)CCc2ccc(F)cc2)c2ccccc2O1. The summed E-state index contributed by atoms with van der Waals surface area (Å²) < 4.78 is 19.3. The minimum absolute atomic E-state index is 0.0112. The first-order valence-corrected chi connectivity index (χ1v) is 9.37. The number of nitrogens with one attached hydrogen (secondary N) is 1. The summed E-state index contributed by atoms with van der Waals surface area (Å²) in [6.07, 6.45) is 3.57. The molecule has 0 aliphatic carbocycles. The zero-order valence-corrected chi connectivity index (χ0v) is 15.4. The van der Waals surface area contributed by atoms with Gasteiger partial charge in [0.1, 0.15) is 17.2 Å². The molecule has 2 aromatic carbocycles. The van der Waals surface area contributed by atoms with Crippen LogP contribution in [0.3, 0.4) is 0 Å². The molecule has 0 saturated heterocycles. The Morgan fingerprint density at radius 1 is 1.15 bits per heavy atom. The van der Waals surface area contributed by atoms with Gasteiger partial charge in [-0.05, 0) is 43.0 Å². The number of amides is 1. The number of hydrogen-bond donors (Lipinski definition) is 1. The highest BCUT2D eigenvalue weighted by Crippen LogP contribution is 2.42. The van der Waals surface area contributed by atoms with Gasteiger partial charge in [0.05, 0.1) is 6.04 Å². The monoisotopic (exact) mass is 355 g/mol. The van der Waals surface area contributed by atoms with Crippen LogP contribution in [0.4, 0.5) is 4.39 Å². The fourth-order valence-corrected chi connectivity index (χ4v) is 3.61. The molecule has 1 amide bonds. The molecule has 3 rings (SSSR count). The van der Waals surface area contributed by atoms with Crippen LogP contribution < -0.4 is 10.1 Å². The third-order valence-corrected chi connectivity index (χ3v) is 5.37. The van der Waals surface area contributed by atoms with E-state index in [9.17, 15) is 9.18 Å². The predicted octanol–water partition coefficient (Wildman–Crippen LogP) is 4.96. The molecule has 3 nitrogen and oxygen atoms in total. The molecule has 0 unspecified atom stereocenters. The van der Waals surface area contributed by atoms with Crippen molar-refractivity contribution in [3.63, 3.8) is 0 Å². The van der Waals surface area contributed by atoms with Crippen LogP contribution in [0.15, 0.2) is 48.5 Å². The summed E-state index contributed by atoms with van der Waals surface area (Å²) in [5.41, 5.74) is 1.77. The van der Waals surface area contributed by atoms with Crippen LogP contribution in [0.25, 0.3) is 0 Å². The Morgan fingerprint density at radius 3 is 2.54 bits per heavy atom. The molecule has 1 aliphatic rings. The molecule has 2 aromatic rings. The fraction of sp³-hybridized carbons (Fsp3) is 0.409. The fourth-order valence-electron chi connectivity index (χ4n) is 3.61. The van der Waals surface area contributed by atoms with Gasteiger partial charge in [-0.1, -0.05) is 44.2 Å². The van der Waals surface area contributed by atoms with Gasteiger partial charge in [-0.25, -0.2) is 4.39 Å². The number of fused-ring (bicyclic) bond motifs is 1. The van der Waals surface area contributed by atoms with Crippen LogP contribution in [0, 0.1) is 5.82 Å². The van der Waals surface area contributed by atoms with Crippen molar-refractivity contribution in [2.24, 2.45) is 0 Å². The Labute approximate surface area is 154 Å². The van der Waals surface area contributed by atoms with Crippen molar-refractivity contribution in [1.29, 1.82) is 0 Å². The lowest BCUT2D eigenvalue weighted by Gasteiger charge is -2.41. The smallest absolute Gasteiger partial charge is 0.220 e. The number of para-hydroxylation sites is 1. The molecular weight excluding hydrogens is 329 g/mol. The molecule has 0 bridgehead atoms. The molecule has 4 heteroatoms. The zero-order valence-electron chi connectivity index (χ0n) is 15.4. The van der Waals surface area contributed by atoms with E-state index in [2.05, 4.69) is 19.2 Å². The van der Waals surface area contributed by atoms with Crippen LogP contribution in [0.1, 0.15) is 56.7 Å². The number of hydrogen-bond acceptors (Lipinski definition) is 2. The Hall–Kier alpha value is -2.36. The second-order valence-electron chi connectivity index (χ2n) is 6.98. The van der Waals surface area contributed by atoms with Gasteiger partial charge in [-0.2, -0.15) is 0 Å². The van der Waals surface area contributed by atoms with E-state index in [1.165, 1.54) is 12.1 Å². The van der Waals surface area contributed by atoms with E-state index in [1.54, 1.807) is 12.1 Å². The number of rotatable bonds is 6. The van der Waals surface area contributed by atoms with Crippen molar-refractivity contribution >= 4 is 5.91 Å². The van der Waals surface area contributed by atoms with E-state index >= 15 is 0 Å². The molecule has 1 heterocycles. The maximum atomic E-state index is 13.0. The number of aryl methyl sites for hydroxylation is 1. The maximum Gasteiger partial charge on any atom is 0.220 e. The molecule has 1 N–H and O–H groups in total. The predicted molar refractivity (Wildman–Crippen MR) is 101 cm³/mol. The Bertz CT molecular complexity index is 753. The summed E-state index contributed by atoms with van der Waals surface area (Å²) in [6, 6.07) is 14.2.